The van der Waals surface area contributed by atoms with Crippen molar-refractivity contribution in [1.82, 2.24) is 10.3 Å². The number of aromatic nitrogens is 1. The second-order valence-electron chi connectivity index (χ2n) is 3.76. The molecule has 90 valence electrons. The summed E-state index contributed by atoms with van der Waals surface area (Å²) in [5.74, 6) is 0. The summed E-state index contributed by atoms with van der Waals surface area (Å²) in [7, 11) is 1.94. The van der Waals surface area contributed by atoms with E-state index < -0.39 is 0 Å². The fraction of sp³-hybridized carbons (Fsp3) is 0.308. The second kappa shape index (κ2) is 5.91. The van der Waals surface area contributed by atoms with Gasteiger partial charge in [-0.15, -0.1) is 11.3 Å². The van der Waals surface area contributed by atoms with Gasteiger partial charge in [0.1, 0.15) is 5.01 Å². The standard InChI is InChI=1S/C13H16N2OS/c1-14-8-7-11-13(15-12(9-16)17-11)10-5-3-2-4-6-10/h2-6,14,16H,7-9H2,1H3. The molecule has 2 rings (SSSR count). The highest BCUT2D eigenvalue weighted by Crippen LogP contribution is 2.28. The molecule has 0 saturated carbocycles. The molecule has 1 aromatic heterocycles. The first-order valence-electron chi connectivity index (χ1n) is 5.64. The van der Waals surface area contributed by atoms with Gasteiger partial charge in [0.05, 0.1) is 12.3 Å². The minimum absolute atomic E-state index is 0.0179. The molecule has 17 heavy (non-hydrogen) atoms. The van der Waals surface area contributed by atoms with E-state index in [1.807, 2.05) is 25.2 Å². The highest BCUT2D eigenvalue weighted by Gasteiger charge is 2.11. The summed E-state index contributed by atoms with van der Waals surface area (Å²) in [5.41, 5.74) is 2.13. The van der Waals surface area contributed by atoms with Crippen molar-refractivity contribution in [3.05, 3.63) is 40.2 Å². The number of aliphatic hydroxyl groups excluding tert-OH is 1. The molecule has 0 atom stereocenters. The van der Waals surface area contributed by atoms with Gasteiger partial charge in [0.2, 0.25) is 0 Å². The molecule has 4 heteroatoms. The third kappa shape index (κ3) is 2.91. The maximum Gasteiger partial charge on any atom is 0.119 e. The quantitative estimate of drug-likeness (QED) is 0.851. The van der Waals surface area contributed by atoms with E-state index in [1.54, 1.807) is 11.3 Å². The van der Waals surface area contributed by atoms with Crippen molar-refractivity contribution in [2.45, 2.75) is 13.0 Å². The zero-order valence-electron chi connectivity index (χ0n) is 9.81. The van der Waals surface area contributed by atoms with Crippen LogP contribution in [0.2, 0.25) is 0 Å². The highest BCUT2D eigenvalue weighted by atomic mass is 32.1. The molecular formula is C13H16N2OS. The molecule has 0 amide bonds. The van der Waals surface area contributed by atoms with E-state index >= 15 is 0 Å². The summed E-state index contributed by atoms with van der Waals surface area (Å²) in [5, 5.41) is 13.1. The molecule has 0 radical (unpaired) electrons. The van der Waals surface area contributed by atoms with Crippen LogP contribution in [-0.4, -0.2) is 23.7 Å². The fourth-order valence-corrected chi connectivity index (χ4v) is 2.65. The van der Waals surface area contributed by atoms with Crippen molar-refractivity contribution in [3.8, 4) is 11.3 Å². The van der Waals surface area contributed by atoms with Crippen LogP contribution in [0.25, 0.3) is 11.3 Å². The van der Waals surface area contributed by atoms with Gasteiger partial charge >= 0.3 is 0 Å². The first kappa shape index (κ1) is 12.2. The van der Waals surface area contributed by atoms with Gasteiger partial charge in [-0.2, -0.15) is 0 Å². The molecule has 0 aliphatic carbocycles. The third-order valence-electron chi connectivity index (χ3n) is 2.53. The predicted octanol–water partition coefficient (Wildman–Crippen LogP) is 2.06. The maximum absolute atomic E-state index is 9.18. The topological polar surface area (TPSA) is 45.1 Å². The van der Waals surface area contributed by atoms with Crippen LogP contribution in [0.3, 0.4) is 0 Å². The lowest BCUT2D eigenvalue weighted by molar-refractivity contribution is 0.281. The van der Waals surface area contributed by atoms with Crippen LogP contribution in [0.5, 0.6) is 0 Å². The van der Waals surface area contributed by atoms with Crippen LogP contribution >= 0.6 is 11.3 Å². The molecule has 0 aliphatic rings. The van der Waals surface area contributed by atoms with Crippen molar-refractivity contribution >= 4 is 11.3 Å². The summed E-state index contributed by atoms with van der Waals surface area (Å²) in [6.07, 6.45) is 0.943. The number of likely N-dealkylation sites (N-methyl/N-ethyl adjacent to an activating group) is 1. The monoisotopic (exact) mass is 248 g/mol. The Morgan fingerprint density at radius 1 is 1.29 bits per heavy atom. The van der Waals surface area contributed by atoms with Gasteiger partial charge in [-0.05, 0) is 20.0 Å². The van der Waals surface area contributed by atoms with Crippen LogP contribution in [0, 0.1) is 0 Å². The average Bonchev–Trinajstić information content (AvgIpc) is 2.80. The van der Waals surface area contributed by atoms with E-state index in [1.165, 1.54) is 4.88 Å². The number of hydrogen-bond acceptors (Lipinski definition) is 4. The van der Waals surface area contributed by atoms with Crippen molar-refractivity contribution in [3.63, 3.8) is 0 Å². The van der Waals surface area contributed by atoms with Crippen LogP contribution < -0.4 is 5.32 Å². The smallest absolute Gasteiger partial charge is 0.119 e. The Labute approximate surface area is 105 Å². The molecule has 0 saturated heterocycles. The number of aliphatic hydroxyl groups is 1. The molecule has 0 fully saturated rings. The molecular weight excluding hydrogens is 232 g/mol. The summed E-state index contributed by atoms with van der Waals surface area (Å²) in [6.45, 7) is 0.941. The van der Waals surface area contributed by atoms with Crippen molar-refractivity contribution in [2.24, 2.45) is 0 Å². The number of hydrogen-bond donors (Lipinski definition) is 2. The summed E-state index contributed by atoms with van der Waals surface area (Å²) in [6, 6.07) is 10.1. The number of benzene rings is 1. The molecule has 1 heterocycles. The minimum atomic E-state index is 0.0179. The zero-order valence-corrected chi connectivity index (χ0v) is 10.6. The number of rotatable bonds is 5. The molecule has 0 unspecified atom stereocenters. The molecule has 2 aromatic rings. The molecule has 1 aromatic carbocycles. The van der Waals surface area contributed by atoms with E-state index in [0.717, 1.165) is 29.2 Å². The lowest BCUT2D eigenvalue weighted by Crippen LogP contribution is -2.09. The fourth-order valence-electron chi connectivity index (χ4n) is 1.70. The van der Waals surface area contributed by atoms with Crippen LogP contribution in [0.15, 0.2) is 30.3 Å². The SMILES string of the molecule is CNCCc1sc(CO)nc1-c1ccccc1. The zero-order chi connectivity index (χ0) is 12.1. The molecule has 0 spiro atoms. The lowest BCUT2D eigenvalue weighted by Gasteiger charge is -2.01. The van der Waals surface area contributed by atoms with Gasteiger partial charge in [-0.1, -0.05) is 30.3 Å². The van der Waals surface area contributed by atoms with Gasteiger partial charge in [-0.3, -0.25) is 0 Å². The Bertz CT molecular complexity index is 468. The van der Waals surface area contributed by atoms with E-state index in [0.29, 0.717) is 0 Å². The van der Waals surface area contributed by atoms with Crippen molar-refractivity contribution in [1.29, 1.82) is 0 Å². The Balaban J connectivity index is 2.34. The summed E-state index contributed by atoms with van der Waals surface area (Å²) >= 11 is 1.59. The Hall–Kier alpha value is -1.23. The predicted molar refractivity (Wildman–Crippen MR) is 71.1 cm³/mol. The van der Waals surface area contributed by atoms with Crippen LogP contribution in [0.4, 0.5) is 0 Å². The normalized spacial score (nSPS) is 10.7. The first-order valence-corrected chi connectivity index (χ1v) is 6.46. The van der Waals surface area contributed by atoms with Gasteiger partial charge in [0.25, 0.3) is 0 Å². The Kier molecular flexibility index (Phi) is 4.25. The molecule has 3 nitrogen and oxygen atoms in total. The van der Waals surface area contributed by atoms with E-state index in [9.17, 15) is 5.11 Å². The van der Waals surface area contributed by atoms with Crippen LogP contribution in [-0.2, 0) is 13.0 Å². The van der Waals surface area contributed by atoms with Crippen molar-refractivity contribution < 1.29 is 5.11 Å². The number of nitrogens with one attached hydrogen (secondary N) is 1. The Morgan fingerprint density at radius 2 is 2.06 bits per heavy atom. The second-order valence-corrected chi connectivity index (χ2v) is 4.93. The third-order valence-corrected chi connectivity index (χ3v) is 3.63. The largest absolute Gasteiger partial charge is 0.389 e. The Morgan fingerprint density at radius 3 is 2.71 bits per heavy atom. The molecule has 0 aliphatic heterocycles. The van der Waals surface area contributed by atoms with Crippen LogP contribution in [0.1, 0.15) is 9.88 Å². The minimum Gasteiger partial charge on any atom is -0.389 e. The van der Waals surface area contributed by atoms with E-state index in [-0.39, 0.29) is 6.61 Å². The van der Waals surface area contributed by atoms with Gasteiger partial charge in [0, 0.05) is 10.4 Å². The van der Waals surface area contributed by atoms with E-state index in [2.05, 4.69) is 22.4 Å². The van der Waals surface area contributed by atoms with Gasteiger partial charge in [-0.25, -0.2) is 4.98 Å². The van der Waals surface area contributed by atoms with Gasteiger partial charge < -0.3 is 10.4 Å². The highest BCUT2D eigenvalue weighted by molar-refractivity contribution is 7.12. The molecule has 0 bridgehead atoms. The van der Waals surface area contributed by atoms with Gasteiger partial charge in [0.15, 0.2) is 0 Å². The first-order chi connectivity index (χ1) is 8.35. The number of thiazole rings is 1. The summed E-state index contributed by atoms with van der Waals surface area (Å²) < 4.78 is 0. The van der Waals surface area contributed by atoms with E-state index in [4.69, 9.17) is 0 Å². The lowest BCUT2D eigenvalue weighted by atomic mass is 10.1. The molecule has 2 N–H and O–H groups in total. The number of nitrogens with zero attached hydrogens (tertiary/aromatic N) is 1. The average molecular weight is 248 g/mol. The van der Waals surface area contributed by atoms with Crippen molar-refractivity contribution in [2.75, 3.05) is 13.6 Å². The summed E-state index contributed by atoms with van der Waals surface area (Å²) in [4.78, 5) is 5.72. The maximum atomic E-state index is 9.18.